The zero-order valence-corrected chi connectivity index (χ0v) is 12.9. The second-order valence-corrected chi connectivity index (χ2v) is 7.71. The Bertz CT molecular complexity index is 565. The molecule has 0 aromatic heterocycles. The predicted molar refractivity (Wildman–Crippen MR) is 76.6 cm³/mol. The van der Waals surface area contributed by atoms with E-state index >= 15 is 0 Å². The molecule has 1 saturated heterocycles. The molecular formula is C12H15ClFNO2S2. The van der Waals surface area contributed by atoms with Crippen LogP contribution in [0.1, 0.15) is 12.5 Å². The molecule has 3 nitrogen and oxygen atoms in total. The van der Waals surface area contributed by atoms with Crippen molar-refractivity contribution in [2.24, 2.45) is 0 Å². The highest BCUT2D eigenvalue weighted by molar-refractivity contribution is 7.99. The van der Waals surface area contributed by atoms with Gasteiger partial charge in [0.15, 0.2) is 0 Å². The van der Waals surface area contributed by atoms with E-state index in [1.54, 1.807) is 17.8 Å². The van der Waals surface area contributed by atoms with Gasteiger partial charge in [0.1, 0.15) is 10.7 Å². The van der Waals surface area contributed by atoms with Crippen LogP contribution in [0.3, 0.4) is 0 Å². The molecule has 1 fully saturated rings. The van der Waals surface area contributed by atoms with Crippen molar-refractivity contribution in [2.75, 3.05) is 18.1 Å². The highest BCUT2D eigenvalue weighted by Crippen LogP contribution is 2.26. The first-order chi connectivity index (χ1) is 8.96. The van der Waals surface area contributed by atoms with E-state index in [9.17, 15) is 12.8 Å². The normalized spacial score (nSPS) is 21.5. The standard InChI is InChI=1S/C12H15ClFNO2S2/c1-9-8-18-5-4-15(9)19(16,17)12-3-2-10(7-13)6-11(12)14/h2-3,6,9H,4-5,7-8H2,1H3. The molecule has 1 heterocycles. The Morgan fingerprint density at radius 3 is 2.84 bits per heavy atom. The van der Waals surface area contributed by atoms with E-state index in [4.69, 9.17) is 11.6 Å². The number of sulfonamides is 1. The summed E-state index contributed by atoms with van der Waals surface area (Å²) >= 11 is 7.32. The number of benzene rings is 1. The van der Waals surface area contributed by atoms with Gasteiger partial charge in [0.25, 0.3) is 0 Å². The van der Waals surface area contributed by atoms with Gasteiger partial charge in [0.2, 0.25) is 10.0 Å². The van der Waals surface area contributed by atoms with Gasteiger partial charge in [-0.15, -0.1) is 11.6 Å². The monoisotopic (exact) mass is 323 g/mol. The van der Waals surface area contributed by atoms with Gasteiger partial charge in [-0.3, -0.25) is 0 Å². The fraction of sp³-hybridized carbons (Fsp3) is 0.500. The first kappa shape index (κ1) is 15.1. The van der Waals surface area contributed by atoms with Crippen LogP contribution >= 0.6 is 23.4 Å². The van der Waals surface area contributed by atoms with Gasteiger partial charge in [-0.1, -0.05) is 6.07 Å². The molecule has 2 rings (SSSR count). The summed E-state index contributed by atoms with van der Waals surface area (Å²) < 4.78 is 40.2. The Hall–Kier alpha value is -0.300. The minimum atomic E-state index is -3.76. The minimum absolute atomic E-state index is 0.115. The van der Waals surface area contributed by atoms with E-state index in [1.165, 1.54) is 16.4 Å². The van der Waals surface area contributed by atoms with Crippen molar-refractivity contribution in [3.8, 4) is 0 Å². The molecule has 0 radical (unpaired) electrons. The minimum Gasteiger partial charge on any atom is -0.207 e. The number of hydrogen-bond donors (Lipinski definition) is 0. The molecule has 7 heteroatoms. The summed E-state index contributed by atoms with van der Waals surface area (Å²) in [5, 5.41) is 0. The van der Waals surface area contributed by atoms with Crippen molar-refractivity contribution in [1.82, 2.24) is 4.31 Å². The average Bonchev–Trinajstić information content (AvgIpc) is 2.38. The van der Waals surface area contributed by atoms with Gasteiger partial charge < -0.3 is 0 Å². The Balaban J connectivity index is 2.38. The molecule has 1 aliphatic rings. The molecule has 1 aromatic carbocycles. The molecule has 0 N–H and O–H groups in total. The van der Waals surface area contributed by atoms with Gasteiger partial charge in [0, 0.05) is 30.0 Å². The number of rotatable bonds is 3. The maximum atomic E-state index is 13.9. The predicted octanol–water partition coefficient (Wildman–Crippen LogP) is 2.69. The lowest BCUT2D eigenvalue weighted by Crippen LogP contribution is -2.44. The van der Waals surface area contributed by atoms with Crippen LogP contribution in [0, 0.1) is 5.82 Å². The molecule has 106 valence electrons. The molecule has 1 aliphatic heterocycles. The largest absolute Gasteiger partial charge is 0.246 e. The number of hydrogen-bond acceptors (Lipinski definition) is 3. The Labute approximate surface area is 122 Å². The van der Waals surface area contributed by atoms with Crippen molar-refractivity contribution in [3.63, 3.8) is 0 Å². The number of thioether (sulfide) groups is 1. The molecule has 0 amide bonds. The summed E-state index contributed by atoms with van der Waals surface area (Å²) in [5.74, 6) is 0.906. The third kappa shape index (κ3) is 3.07. The van der Waals surface area contributed by atoms with Crippen LogP contribution < -0.4 is 0 Å². The molecular weight excluding hydrogens is 309 g/mol. The second kappa shape index (κ2) is 5.99. The average molecular weight is 324 g/mol. The van der Waals surface area contributed by atoms with Crippen molar-refractivity contribution < 1.29 is 12.8 Å². The van der Waals surface area contributed by atoms with Gasteiger partial charge >= 0.3 is 0 Å². The van der Waals surface area contributed by atoms with E-state index < -0.39 is 15.8 Å². The molecule has 19 heavy (non-hydrogen) atoms. The van der Waals surface area contributed by atoms with Gasteiger partial charge in [0.05, 0.1) is 0 Å². The summed E-state index contributed by atoms with van der Waals surface area (Å²) in [4.78, 5) is -0.264. The molecule has 0 saturated carbocycles. The molecule has 0 aliphatic carbocycles. The van der Waals surface area contributed by atoms with Gasteiger partial charge in [-0.25, -0.2) is 12.8 Å². The van der Waals surface area contributed by atoms with Crippen molar-refractivity contribution in [2.45, 2.75) is 23.7 Å². The van der Waals surface area contributed by atoms with Crippen LogP contribution in [-0.2, 0) is 15.9 Å². The highest BCUT2D eigenvalue weighted by Gasteiger charge is 2.33. The van der Waals surface area contributed by atoms with Crippen LogP contribution in [0.4, 0.5) is 4.39 Å². The Morgan fingerprint density at radius 2 is 2.26 bits per heavy atom. The van der Waals surface area contributed by atoms with E-state index in [1.807, 2.05) is 6.92 Å². The van der Waals surface area contributed by atoms with E-state index in [0.29, 0.717) is 12.1 Å². The smallest absolute Gasteiger partial charge is 0.207 e. The fourth-order valence-electron chi connectivity index (χ4n) is 2.03. The van der Waals surface area contributed by atoms with E-state index in [-0.39, 0.29) is 16.8 Å². The third-order valence-corrected chi connectivity index (χ3v) is 6.59. The van der Waals surface area contributed by atoms with Gasteiger partial charge in [-0.2, -0.15) is 16.1 Å². The van der Waals surface area contributed by atoms with Crippen LogP contribution in [-0.4, -0.2) is 36.8 Å². The summed E-state index contributed by atoms with van der Waals surface area (Å²) in [6.45, 7) is 2.26. The van der Waals surface area contributed by atoms with Crippen molar-refractivity contribution >= 4 is 33.4 Å². The topological polar surface area (TPSA) is 37.4 Å². The SMILES string of the molecule is CC1CSCCN1S(=O)(=O)c1ccc(CCl)cc1F. The zero-order valence-electron chi connectivity index (χ0n) is 10.5. The summed E-state index contributed by atoms with van der Waals surface area (Å²) in [6, 6.07) is 3.92. The third-order valence-electron chi connectivity index (χ3n) is 3.04. The summed E-state index contributed by atoms with van der Waals surface area (Å²) in [6.07, 6.45) is 0. The lowest BCUT2D eigenvalue weighted by molar-refractivity contribution is 0.365. The van der Waals surface area contributed by atoms with Crippen LogP contribution in [0.2, 0.25) is 0 Å². The van der Waals surface area contributed by atoms with Crippen molar-refractivity contribution in [1.29, 1.82) is 0 Å². The first-order valence-corrected chi connectivity index (χ1v) is 9.03. The van der Waals surface area contributed by atoms with Crippen molar-refractivity contribution in [3.05, 3.63) is 29.6 Å². The van der Waals surface area contributed by atoms with E-state index in [2.05, 4.69) is 0 Å². The number of nitrogens with zero attached hydrogens (tertiary/aromatic N) is 1. The molecule has 1 atom stereocenters. The van der Waals surface area contributed by atoms with Crippen LogP contribution in [0.15, 0.2) is 23.1 Å². The maximum Gasteiger partial charge on any atom is 0.246 e. The number of alkyl halides is 1. The van der Waals surface area contributed by atoms with Crippen LogP contribution in [0.5, 0.6) is 0 Å². The van der Waals surface area contributed by atoms with Crippen LogP contribution in [0.25, 0.3) is 0 Å². The van der Waals surface area contributed by atoms with Gasteiger partial charge in [-0.05, 0) is 24.6 Å². The number of halogens is 2. The fourth-order valence-corrected chi connectivity index (χ4v) is 5.10. The molecule has 1 unspecified atom stereocenters. The maximum absolute atomic E-state index is 13.9. The summed E-state index contributed by atoms with van der Waals surface area (Å²) in [5.41, 5.74) is 0.570. The summed E-state index contributed by atoms with van der Waals surface area (Å²) in [7, 11) is -3.76. The van der Waals surface area contributed by atoms with E-state index in [0.717, 1.165) is 11.5 Å². The molecule has 0 spiro atoms. The second-order valence-electron chi connectivity index (χ2n) is 4.44. The Morgan fingerprint density at radius 1 is 1.53 bits per heavy atom. The highest BCUT2D eigenvalue weighted by atomic mass is 35.5. The first-order valence-electron chi connectivity index (χ1n) is 5.91. The lowest BCUT2D eigenvalue weighted by Gasteiger charge is -2.32. The molecule has 0 bridgehead atoms. The zero-order chi connectivity index (χ0) is 14.0. The molecule has 1 aromatic rings. The lowest BCUT2D eigenvalue weighted by atomic mass is 10.2. The quantitative estimate of drug-likeness (QED) is 0.803. The Kier molecular flexibility index (Phi) is 4.76.